The number of hydrogen-bond acceptors (Lipinski definition) is 3. The molecule has 21 heavy (non-hydrogen) atoms. The SMILES string of the molecule is CCCOc1ccc(N2C(=O)C3=C(CCCC3)C2=O)cc1. The van der Waals surface area contributed by atoms with E-state index in [1.165, 1.54) is 4.90 Å². The molecule has 0 saturated heterocycles. The van der Waals surface area contributed by atoms with Gasteiger partial charge in [-0.25, -0.2) is 4.90 Å². The fourth-order valence-corrected chi connectivity index (χ4v) is 2.89. The van der Waals surface area contributed by atoms with Crippen molar-refractivity contribution in [2.45, 2.75) is 39.0 Å². The molecule has 4 nitrogen and oxygen atoms in total. The summed E-state index contributed by atoms with van der Waals surface area (Å²) in [5.41, 5.74) is 2.07. The van der Waals surface area contributed by atoms with Crippen LogP contribution < -0.4 is 9.64 Å². The van der Waals surface area contributed by atoms with Gasteiger partial charge >= 0.3 is 0 Å². The fraction of sp³-hybridized carbons (Fsp3) is 0.412. The van der Waals surface area contributed by atoms with Crippen molar-refractivity contribution < 1.29 is 14.3 Å². The fourth-order valence-electron chi connectivity index (χ4n) is 2.89. The summed E-state index contributed by atoms with van der Waals surface area (Å²) in [4.78, 5) is 26.2. The van der Waals surface area contributed by atoms with Crippen LogP contribution in [0.2, 0.25) is 0 Å². The normalized spacial score (nSPS) is 18.2. The molecule has 1 aliphatic heterocycles. The number of imide groups is 1. The molecule has 1 aliphatic carbocycles. The van der Waals surface area contributed by atoms with Crippen molar-refractivity contribution in [3.63, 3.8) is 0 Å². The van der Waals surface area contributed by atoms with Crippen molar-refractivity contribution in [1.29, 1.82) is 0 Å². The summed E-state index contributed by atoms with van der Waals surface area (Å²) in [6.45, 7) is 2.71. The van der Waals surface area contributed by atoms with Gasteiger partial charge in [-0.1, -0.05) is 6.92 Å². The van der Waals surface area contributed by atoms with E-state index in [4.69, 9.17) is 4.74 Å². The van der Waals surface area contributed by atoms with E-state index in [-0.39, 0.29) is 11.8 Å². The van der Waals surface area contributed by atoms with Gasteiger partial charge in [0.15, 0.2) is 0 Å². The van der Waals surface area contributed by atoms with Gasteiger partial charge in [0, 0.05) is 11.1 Å². The first-order valence-corrected chi connectivity index (χ1v) is 7.56. The van der Waals surface area contributed by atoms with Crippen molar-refractivity contribution >= 4 is 17.5 Å². The van der Waals surface area contributed by atoms with Crippen LogP contribution in [0, 0.1) is 0 Å². The molecule has 0 unspecified atom stereocenters. The molecule has 0 atom stereocenters. The molecule has 2 amide bonds. The zero-order valence-electron chi connectivity index (χ0n) is 12.2. The second-order valence-electron chi connectivity index (χ2n) is 5.45. The Morgan fingerprint density at radius 1 is 1.00 bits per heavy atom. The highest BCUT2D eigenvalue weighted by Gasteiger charge is 2.39. The van der Waals surface area contributed by atoms with Crippen LogP contribution in [0.1, 0.15) is 39.0 Å². The quantitative estimate of drug-likeness (QED) is 0.798. The van der Waals surface area contributed by atoms with Crippen LogP contribution >= 0.6 is 0 Å². The lowest BCUT2D eigenvalue weighted by atomic mass is 9.93. The summed E-state index contributed by atoms with van der Waals surface area (Å²) in [5.74, 6) is 0.478. The monoisotopic (exact) mass is 285 g/mol. The number of benzene rings is 1. The molecule has 2 aliphatic rings. The summed E-state index contributed by atoms with van der Waals surface area (Å²) in [6, 6.07) is 7.17. The van der Waals surface area contributed by atoms with Crippen LogP contribution in [-0.4, -0.2) is 18.4 Å². The van der Waals surface area contributed by atoms with Crippen LogP contribution in [0.4, 0.5) is 5.69 Å². The number of amides is 2. The molecule has 0 bridgehead atoms. The third-order valence-electron chi connectivity index (χ3n) is 3.96. The maximum atomic E-state index is 12.4. The first-order chi connectivity index (χ1) is 10.2. The van der Waals surface area contributed by atoms with Crippen molar-refractivity contribution in [2.75, 3.05) is 11.5 Å². The standard InChI is InChI=1S/C17H19NO3/c1-2-11-21-13-9-7-12(8-10-13)18-16(19)14-5-3-4-6-15(14)17(18)20/h7-10H,2-6,11H2,1H3. The number of hydrogen-bond donors (Lipinski definition) is 0. The van der Waals surface area contributed by atoms with Gasteiger partial charge in [0.1, 0.15) is 5.75 Å². The Morgan fingerprint density at radius 2 is 1.57 bits per heavy atom. The minimum atomic E-state index is -0.142. The van der Waals surface area contributed by atoms with Crippen LogP contribution in [0.5, 0.6) is 5.75 Å². The summed E-state index contributed by atoms with van der Waals surface area (Å²) in [7, 11) is 0. The summed E-state index contributed by atoms with van der Waals surface area (Å²) in [5, 5.41) is 0. The van der Waals surface area contributed by atoms with Crippen LogP contribution in [0.25, 0.3) is 0 Å². The topological polar surface area (TPSA) is 46.6 Å². The second-order valence-corrected chi connectivity index (χ2v) is 5.45. The van der Waals surface area contributed by atoms with E-state index in [0.29, 0.717) is 12.3 Å². The number of nitrogens with zero attached hydrogens (tertiary/aromatic N) is 1. The maximum absolute atomic E-state index is 12.4. The Hall–Kier alpha value is -2.10. The van der Waals surface area contributed by atoms with Gasteiger partial charge in [-0.2, -0.15) is 0 Å². The third-order valence-corrected chi connectivity index (χ3v) is 3.96. The molecule has 0 radical (unpaired) electrons. The third kappa shape index (κ3) is 2.46. The molecular weight excluding hydrogens is 266 g/mol. The highest BCUT2D eigenvalue weighted by atomic mass is 16.5. The first kappa shape index (κ1) is 13.9. The molecule has 0 saturated carbocycles. The average Bonchev–Trinajstić information content (AvgIpc) is 2.78. The van der Waals surface area contributed by atoms with E-state index in [9.17, 15) is 9.59 Å². The average molecular weight is 285 g/mol. The summed E-state index contributed by atoms with van der Waals surface area (Å²) in [6.07, 6.45) is 4.40. The number of carbonyl (C=O) groups is 2. The number of anilines is 1. The molecule has 1 aromatic carbocycles. The van der Waals surface area contributed by atoms with Gasteiger partial charge in [-0.15, -0.1) is 0 Å². The van der Waals surface area contributed by atoms with Gasteiger partial charge in [-0.05, 0) is 56.4 Å². The van der Waals surface area contributed by atoms with E-state index in [2.05, 4.69) is 0 Å². The van der Waals surface area contributed by atoms with Crippen LogP contribution in [0.15, 0.2) is 35.4 Å². The Bertz CT molecular complexity index is 573. The minimum Gasteiger partial charge on any atom is -0.494 e. The number of carbonyl (C=O) groups excluding carboxylic acids is 2. The van der Waals surface area contributed by atoms with E-state index >= 15 is 0 Å². The Morgan fingerprint density at radius 3 is 2.10 bits per heavy atom. The van der Waals surface area contributed by atoms with E-state index in [0.717, 1.165) is 49.0 Å². The lowest BCUT2D eigenvalue weighted by Crippen LogP contribution is -2.31. The largest absolute Gasteiger partial charge is 0.494 e. The molecule has 0 aromatic heterocycles. The van der Waals surface area contributed by atoms with Gasteiger partial charge in [0.05, 0.1) is 12.3 Å². The van der Waals surface area contributed by atoms with Crippen LogP contribution in [-0.2, 0) is 9.59 Å². The molecule has 0 spiro atoms. The Kier molecular flexibility index (Phi) is 3.78. The lowest BCUT2D eigenvalue weighted by molar-refractivity contribution is -0.120. The van der Waals surface area contributed by atoms with Crippen molar-refractivity contribution in [3.05, 3.63) is 35.4 Å². The summed E-state index contributed by atoms with van der Waals surface area (Å²) < 4.78 is 5.52. The molecule has 0 N–H and O–H groups in total. The van der Waals surface area contributed by atoms with Gasteiger partial charge in [-0.3, -0.25) is 9.59 Å². The zero-order valence-corrected chi connectivity index (χ0v) is 12.2. The van der Waals surface area contributed by atoms with Gasteiger partial charge in [0.25, 0.3) is 11.8 Å². The number of ether oxygens (including phenoxy) is 1. The van der Waals surface area contributed by atoms with E-state index < -0.39 is 0 Å². The Labute approximate surface area is 124 Å². The highest BCUT2D eigenvalue weighted by Crippen LogP contribution is 2.35. The molecular formula is C17H19NO3. The van der Waals surface area contributed by atoms with E-state index in [1.54, 1.807) is 12.1 Å². The Balaban J connectivity index is 1.81. The maximum Gasteiger partial charge on any atom is 0.261 e. The molecule has 0 fully saturated rings. The number of rotatable bonds is 4. The van der Waals surface area contributed by atoms with Crippen LogP contribution in [0.3, 0.4) is 0 Å². The van der Waals surface area contributed by atoms with Gasteiger partial charge < -0.3 is 4.74 Å². The zero-order chi connectivity index (χ0) is 14.8. The van der Waals surface area contributed by atoms with Gasteiger partial charge in [0.2, 0.25) is 0 Å². The lowest BCUT2D eigenvalue weighted by Gasteiger charge is -2.15. The smallest absolute Gasteiger partial charge is 0.261 e. The van der Waals surface area contributed by atoms with Crippen molar-refractivity contribution in [3.8, 4) is 5.75 Å². The molecule has 1 heterocycles. The summed E-state index contributed by atoms with van der Waals surface area (Å²) >= 11 is 0. The predicted octanol–water partition coefficient (Wildman–Crippen LogP) is 3.22. The second kappa shape index (κ2) is 5.72. The predicted molar refractivity (Wildman–Crippen MR) is 80.2 cm³/mol. The molecule has 1 aromatic rings. The first-order valence-electron chi connectivity index (χ1n) is 7.56. The minimum absolute atomic E-state index is 0.142. The van der Waals surface area contributed by atoms with Crippen molar-refractivity contribution in [1.82, 2.24) is 0 Å². The molecule has 4 heteroatoms. The highest BCUT2D eigenvalue weighted by molar-refractivity contribution is 6.33. The van der Waals surface area contributed by atoms with E-state index in [1.807, 2.05) is 19.1 Å². The van der Waals surface area contributed by atoms with Crippen molar-refractivity contribution in [2.24, 2.45) is 0 Å². The molecule has 3 rings (SSSR count). The molecule has 110 valence electrons.